The molecule has 1 saturated heterocycles. The van der Waals surface area contributed by atoms with E-state index in [1.807, 2.05) is 32.0 Å². The monoisotopic (exact) mass is 423 g/mol. The Hall–Kier alpha value is -2.83. The molecule has 1 fully saturated rings. The van der Waals surface area contributed by atoms with Gasteiger partial charge in [0, 0.05) is 12.6 Å². The predicted octanol–water partition coefficient (Wildman–Crippen LogP) is 4.43. The number of benzene rings is 2. The zero-order chi connectivity index (χ0) is 21.8. The number of ether oxygens (including phenoxy) is 2. The third kappa shape index (κ3) is 5.46. The van der Waals surface area contributed by atoms with E-state index in [1.54, 1.807) is 18.2 Å². The highest BCUT2D eigenvalue weighted by Crippen LogP contribution is 2.25. The second-order valence-corrected chi connectivity index (χ2v) is 8.34. The fraction of sp³-hybridized carbons (Fsp3) is 0.400. The molecule has 31 heavy (non-hydrogen) atoms. The van der Waals surface area contributed by atoms with E-state index in [-0.39, 0.29) is 17.8 Å². The molecule has 2 aromatic carbocycles. The van der Waals surface area contributed by atoms with Gasteiger partial charge in [-0.15, -0.1) is 0 Å². The van der Waals surface area contributed by atoms with Crippen molar-refractivity contribution in [2.75, 3.05) is 26.2 Å². The number of aryl methyl sites for hydroxylation is 2. The van der Waals surface area contributed by atoms with Gasteiger partial charge < -0.3 is 23.9 Å². The third-order valence-corrected chi connectivity index (χ3v) is 5.50. The molecule has 1 N–H and O–H groups in total. The van der Waals surface area contributed by atoms with Gasteiger partial charge in [-0.05, 0) is 75.2 Å². The molecule has 1 aliphatic rings. The van der Waals surface area contributed by atoms with Crippen LogP contribution in [0.15, 0.2) is 51.9 Å². The lowest BCUT2D eigenvalue weighted by atomic mass is 10.1. The standard InChI is InChI=1S/C25H29NO5/c1-17-10-18(2)12-21(11-17)31-24-16-30-23-13-20(6-7-22(23)25(24)28)29-15-19(27)14-26-8-4-3-5-9-26/h6-7,10-13,16,19,27H,3-5,8-9,14-15H2,1-2H3/t19-/m1/s1. The molecular formula is C25H29NO5. The summed E-state index contributed by atoms with van der Waals surface area (Å²) < 4.78 is 17.2. The molecule has 1 aromatic heterocycles. The van der Waals surface area contributed by atoms with Crippen LogP contribution >= 0.6 is 0 Å². The van der Waals surface area contributed by atoms with Crippen molar-refractivity contribution in [2.45, 2.75) is 39.2 Å². The molecule has 0 amide bonds. The maximum absolute atomic E-state index is 12.8. The van der Waals surface area contributed by atoms with Crippen molar-refractivity contribution in [3.63, 3.8) is 0 Å². The summed E-state index contributed by atoms with van der Waals surface area (Å²) in [6.45, 7) is 6.83. The first kappa shape index (κ1) is 21.4. The Labute approximate surface area is 182 Å². The topological polar surface area (TPSA) is 72.1 Å². The Balaban J connectivity index is 1.43. The minimum absolute atomic E-state index is 0.142. The van der Waals surface area contributed by atoms with E-state index in [9.17, 15) is 9.90 Å². The molecular weight excluding hydrogens is 394 g/mol. The number of likely N-dealkylation sites (tertiary alicyclic amines) is 1. The molecule has 0 spiro atoms. The van der Waals surface area contributed by atoms with Crippen molar-refractivity contribution in [1.29, 1.82) is 0 Å². The molecule has 0 radical (unpaired) electrons. The summed E-state index contributed by atoms with van der Waals surface area (Å²) in [5.41, 5.74) is 2.30. The molecule has 164 valence electrons. The molecule has 6 heteroatoms. The van der Waals surface area contributed by atoms with Crippen LogP contribution in [-0.2, 0) is 0 Å². The second-order valence-electron chi connectivity index (χ2n) is 8.34. The van der Waals surface area contributed by atoms with Crippen LogP contribution in [0.3, 0.4) is 0 Å². The smallest absolute Gasteiger partial charge is 0.235 e. The van der Waals surface area contributed by atoms with Crippen LogP contribution < -0.4 is 14.9 Å². The lowest BCUT2D eigenvalue weighted by Crippen LogP contribution is -2.38. The van der Waals surface area contributed by atoms with Crippen molar-refractivity contribution >= 4 is 11.0 Å². The Morgan fingerprint density at radius 2 is 1.77 bits per heavy atom. The van der Waals surface area contributed by atoms with E-state index in [0.29, 0.717) is 29.0 Å². The number of nitrogens with zero attached hydrogens (tertiary/aromatic N) is 1. The first-order valence-electron chi connectivity index (χ1n) is 10.8. The molecule has 1 atom stereocenters. The van der Waals surface area contributed by atoms with Crippen molar-refractivity contribution in [3.8, 4) is 17.2 Å². The van der Waals surface area contributed by atoms with E-state index in [0.717, 1.165) is 24.2 Å². The summed E-state index contributed by atoms with van der Waals surface area (Å²) in [6.07, 6.45) is 4.41. The van der Waals surface area contributed by atoms with E-state index >= 15 is 0 Å². The number of aliphatic hydroxyl groups is 1. The van der Waals surface area contributed by atoms with E-state index in [1.165, 1.54) is 25.5 Å². The maximum Gasteiger partial charge on any atom is 0.235 e. The Kier molecular flexibility index (Phi) is 6.59. The van der Waals surface area contributed by atoms with Crippen LogP contribution in [0.4, 0.5) is 0 Å². The zero-order valence-corrected chi connectivity index (χ0v) is 18.1. The van der Waals surface area contributed by atoms with Gasteiger partial charge in [-0.2, -0.15) is 0 Å². The second kappa shape index (κ2) is 9.54. The number of hydrogen-bond donors (Lipinski definition) is 1. The highest BCUT2D eigenvalue weighted by atomic mass is 16.5. The summed E-state index contributed by atoms with van der Waals surface area (Å²) in [6, 6.07) is 10.9. The van der Waals surface area contributed by atoms with Crippen LogP contribution in [-0.4, -0.2) is 42.4 Å². The number of β-amino-alcohol motifs (C(OH)–C–C–N with tert-alkyl or cyclic N) is 1. The number of hydrogen-bond acceptors (Lipinski definition) is 6. The van der Waals surface area contributed by atoms with Gasteiger partial charge in [0.15, 0.2) is 0 Å². The van der Waals surface area contributed by atoms with E-state index < -0.39 is 6.10 Å². The molecule has 3 aromatic rings. The molecule has 0 saturated carbocycles. The zero-order valence-electron chi connectivity index (χ0n) is 18.1. The summed E-state index contributed by atoms with van der Waals surface area (Å²) in [5, 5.41) is 10.7. The van der Waals surface area contributed by atoms with Crippen molar-refractivity contribution in [3.05, 3.63) is 64.0 Å². The number of aliphatic hydroxyl groups excluding tert-OH is 1. The molecule has 1 aliphatic heterocycles. The van der Waals surface area contributed by atoms with Gasteiger partial charge in [0.2, 0.25) is 11.2 Å². The van der Waals surface area contributed by atoms with Crippen LogP contribution in [0.5, 0.6) is 17.2 Å². The van der Waals surface area contributed by atoms with Crippen molar-refractivity contribution < 1.29 is 19.0 Å². The molecule has 0 unspecified atom stereocenters. The molecule has 0 bridgehead atoms. The SMILES string of the molecule is Cc1cc(C)cc(Oc2coc3cc(OC[C@H](O)CN4CCCCC4)ccc3c2=O)c1. The van der Waals surface area contributed by atoms with Crippen LogP contribution in [0.1, 0.15) is 30.4 Å². The minimum Gasteiger partial charge on any atom is -0.491 e. The van der Waals surface area contributed by atoms with Crippen molar-refractivity contribution in [2.24, 2.45) is 0 Å². The van der Waals surface area contributed by atoms with E-state index in [4.69, 9.17) is 13.9 Å². The first-order chi connectivity index (χ1) is 15.0. The molecule has 6 nitrogen and oxygen atoms in total. The van der Waals surface area contributed by atoms with Gasteiger partial charge in [0.05, 0.1) is 5.39 Å². The van der Waals surface area contributed by atoms with Gasteiger partial charge in [0.1, 0.15) is 36.1 Å². The normalized spacial score (nSPS) is 15.7. The maximum atomic E-state index is 12.8. The highest BCUT2D eigenvalue weighted by Gasteiger charge is 2.16. The van der Waals surface area contributed by atoms with Gasteiger partial charge >= 0.3 is 0 Å². The van der Waals surface area contributed by atoms with E-state index in [2.05, 4.69) is 4.90 Å². The minimum atomic E-state index is -0.561. The quantitative estimate of drug-likeness (QED) is 0.606. The summed E-state index contributed by atoms with van der Waals surface area (Å²) in [7, 11) is 0. The Morgan fingerprint density at radius 1 is 1.03 bits per heavy atom. The molecule has 4 rings (SSSR count). The Morgan fingerprint density at radius 3 is 2.52 bits per heavy atom. The third-order valence-electron chi connectivity index (χ3n) is 5.50. The van der Waals surface area contributed by atoms with Gasteiger partial charge in [-0.1, -0.05) is 12.5 Å². The van der Waals surface area contributed by atoms with Gasteiger partial charge in [-0.3, -0.25) is 4.79 Å². The summed E-state index contributed by atoms with van der Waals surface area (Å²) in [4.78, 5) is 15.1. The molecule has 0 aliphatic carbocycles. The number of fused-ring (bicyclic) bond motifs is 1. The fourth-order valence-electron chi connectivity index (χ4n) is 4.06. The average molecular weight is 424 g/mol. The number of rotatable bonds is 7. The fourth-order valence-corrected chi connectivity index (χ4v) is 4.06. The lowest BCUT2D eigenvalue weighted by Gasteiger charge is -2.28. The van der Waals surface area contributed by atoms with Crippen molar-refractivity contribution in [1.82, 2.24) is 4.90 Å². The Bertz CT molecular complexity index is 1080. The van der Waals surface area contributed by atoms with Crippen LogP contribution in [0.25, 0.3) is 11.0 Å². The number of piperidine rings is 1. The van der Waals surface area contributed by atoms with Crippen LogP contribution in [0.2, 0.25) is 0 Å². The predicted molar refractivity (Wildman–Crippen MR) is 120 cm³/mol. The average Bonchev–Trinajstić information content (AvgIpc) is 2.74. The summed E-state index contributed by atoms with van der Waals surface area (Å²) >= 11 is 0. The lowest BCUT2D eigenvalue weighted by molar-refractivity contribution is 0.0617. The van der Waals surface area contributed by atoms with Gasteiger partial charge in [0.25, 0.3) is 0 Å². The highest BCUT2D eigenvalue weighted by molar-refractivity contribution is 5.79. The van der Waals surface area contributed by atoms with Gasteiger partial charge in [-0.25, -0.2) is 0 Å². The first-order valence-corrected chi connectivity index (χ1v) is 10.8. The summed E-state index contributed by atoms with van der Waals surface area (Å²) in [5.74, 6) is 1.30. The van der Waals surface area contributed by atoms with Crippen LogP contribution in [0, 0.1) is 13.8 Å². The largest absolute Gasteiger partial charge is 0.491 e. The molecule has 2 heterocycles.